The third-order valence-electron chi connectivity index (χ3n) is 4.15. The molecule has 0 saturated heterocycles. The quantitative estimate of drug-likeness (QED) is 0.230. The second-order valence-corrected chi connectivity index (χ2v) is 6.15. The maximum absolute atomic E-state index is 14.0. The zero-order valence-corrected chi connectivity index (χ0v) is 18.6. The molecule has 0 atom stereocenters. The molecule has 0 radical (unpaired) electrons. The van der Waals surface area contributed by atoms with Crippen LogP contribution >= 0.6 is 0 Å². The molecular weight excluding hydrogens is 513 g/mol. The fraction of sp³-hybridized carbons (Fsp3) is 0.111. The summed E-state index contributed by atoms with van der Waals surface area (Å²) in [7, 11) is 0. The fourth-order valence-electron chi connectivity index (χ4n) is 2.80. The van der Waals surface area contributed by atoms with E-state index < -0.39 is 80.8 Å². The topological polar surface area (TPSA) is 55.1 Å². The van der Waals surface area contributed by atoms with Crippen molar-refractivity contribution in [2.45, 2.75) is 13.1 Å². The van der Waals surface area contributed by atoms with E-state index in [0.717, 1.165) is 6.92 Å². The first-order valence-electron chi connectivity index (χ1n) is 7.98. The molecule has 0 bridgehead atoms. The number of halogens is 9. The van der Waals surface area contributed by atoms with Gasteiger partial charge in [-0.05, 0) is 19.1 Å². The minimum Gasteiger partial charge on any atom is -0.493 e. The van der Waals surface area contributed by atoms with Gasteiger partial charge in [0, 0.05) is 31.1 Å². The second kappa shape index (κ2) is 8.57. The van der Waals surface area contributed by atoms with Gasteiger partial charge in [0.1, 0.15) is 28.4 Å². The molecule has 166 valence electrons. The minimum absolute atomic E-state index is 0. The van der Waals surface area contributed by atoms with Crippen LogP contribution in [0.1, 0.15) is 27.2 Å². The monoisotopic (exact) mass is 518 g/mol. The third-order valence-corrected chi connectivity index (χ3v) is 4.15. The molecule has 0 spiro atoms. The van der Waals surface area contributed by atoms with Crippen molar-refractivity contribution in [3.8, 4) is 11.6 Å². The van der Waals surface area contributed by atoms with E-state index in [4.69, 9.17) is 0 Å². The van der Waals surface area contributed by atoms with Crippen molar-refractivity contribution in [3.05, 3.63) is 75.5 Å². The first kappa shape index (κ1) is 25.4. The molecule has 0 fully saturated rings. The molecule has 2 aromatic carbocycles. The van der Waals surface area contributed by atoms with Crippen LogP contribution in [0.4, 0.5) is 39.5 Å². The van der Waals surface area contributed by atoms with Gasteiger partial charge >= 0.3 is 6.18 Å². The molecule has 0 amide bonds. The molecule has 1 N–H and O–H groups in total. The maximum Gasteiger partial charge on any atom is 0.422 e. The number of hydrogen-bond donors (Lipinski definition) is 1. The van der Waals surface area contributed by atoms with Gasteiger partial charge in [0.15, 0.2) is 23.3 Å². The number of benzene rings is 2. The average molecular weight is 520 g/mol. The summed E-state index contributed by atoms with van der Waals surface area (Å²) in [6.45, 7) is 0.978. The molecule has 32 heavy (non-hydrogen) atoms. The maximum atomic E-state index is 14.0. The van der Waals surface area contributed by atoms with Crippen LogP contribution in [0.25, 0.3) is 5.69 Å². The molecule has 0 unspecified atom stereocenters. The SMILES string of the molecule is Cc1nn(-c2c(F)c(F)cc(F)c2F)c(O)c1C(=O)c1cc(F)c(C(F)(F)F)c(F)c1.[Zn]. The van der Waals surface area contributed by atoms with E-state index in [1.54, 1.807) is 0 Å². The number of ketones is 1. The number of aryl methyl sites for hydroxylation is 1. The zero-order valence-electron chi connectivity index (χ0n) is 15.6. The normalized spacial score (nSPS) is 11.4. The number of aromatic nitrogens is 2. The number of aromatic hydroxyl groups is 1. The van der Waals surface area contributed by atoms with Gasteiger partial charge in [0.25, 0.3) is 0 Å². The third kappa shape index (κ3) is 4.10. The Morgan fingerprint density at radius 2 is 1.38 bits per heavy atom. The summed E-state index contributed by atoms with van der Waals surface area (Å²) < 4.78 is 120. The van der Waals surface area contributed by atoms with E-state index in [1.807, 2.05) is 0 Å². The van der Waals surface area contributed by atoms with Crippen molar-refractivity contribution in [2.75, 3.05) is 0 Å². The van der Waals surface area contributed by atoms with Gasteiger partial charge in [0.05, 0.1) is 5.69 Å². The number of carbonyl (C=O) groups is 1. The van der Waals surface area contributed by atoms with Crippen molar-refractivity contribution < 1.29 is 68.9 Å². The standard InChI is InChI=1S/C18H7F9N2O2.Zn/c1-5-11(16(30)6-2-7(19)12(8(20)3-6)18(25,26)27)17(31)29(28-5)15-13(23)9(21)4-10(22)14(15)24;/h2-4,31H,1H3;. The molecule has 14 heteroatoms. The van der Waals surface area contributed by atoms with Crippen LogP contribution in [0.15, 0.2) is 18.2 Å². The predicted molar refractivity (Wildman–Crippen MR) is 84.6 cm³/mol. The van der Waals surface area contributed by atoms with E-state index in [9.17, 15) is 49.4 Å². The predicted octanol–water partition coefficient (Wildman–Crippen LogP) is 4.97. The van der Waals surface area contributed by atoms with Crippen LogP contribution in [0.3, 0.4) is 0 Å². The van der Waals surface area contributed by atoms with Gasteiger partial charge in [-0.1, -0.05) is 0 Å². The van der Waals surface area contributed by atoms with Gasteiger partial charge < -0.3 is 5.11 Å². The van der Waals surface area contributed by atoms with Crippen LogP contribution in [0.5, 0.6) is 5.88 Å². The summed E-state index contributed by atoms with van der Waals surface area (Å²) in [5.41, 5.74) is -6.26. The molecule has 1 heterocycles. The molecule has 3 rings (SSSR count). The number of nitrogens with zero attached hydrogens (tertiary/aromatic N) is 2. The molecule has 0 saturated carbocycles. The first-order chi connectivity index (χ1) is 14.3. The molecular formula is C18H7F9N2O2Zn. The smallest absolute Gasteiger partial charge is 0.422 e. The number of carbonyl (C=O) groups excluding carboxylic acids is 1. The Kier molecular flexibility index (Phi) is 6.79. The van der Waals surface area contributed by atoms with Gasteiger partial charge in [-0.15, -0.1) is 0 Å². The largest absolute Gasteiger partial charge is 0.493 e. The van der Waals surface area contributed by atoms with Crippen molar-refractivity contribution in [2.24, 2.45) is 0 Å². The van der Waals surface area contributed by atoms with Crippen LogP contribution < -0.4 is 0 Å². The molecule has 0 aliphatic rings. The number of rotatable bonds is 3. The van der Waals surface area contributed by atoms with Gasteiger partial charge in [-0.25, -0.2) is 26.3 Å². The summed E-state index contributed by atoms with van der Waals surface area (Å²) in [6.07, 6.45) is -5.41. The second-order valence-electron chi connectivity index (χ2n) is 6.15. The Labute approximate surface area is 185 Å². The average Bonchev–Trinajstić information content (AvgIpc) is 2.92. The minimum atomic E-state index is -5.41. The van der Waals surface area contributed by atoms with E-state index in [2.05, 4.69) is 5.10 Å². The molecule has 1 aromatic heterocycles. The summed E-state index contributed by atoms with van der Waals surface area (Å²) in [5.74, 6) is -14.8. The van der Waals surface area contributed by atoms with E-state index in [0.29, 0.717) is 0 Å². The van der Waals surface area contributed by atoms with Gasteiger partial charge in [-0.2, -0.15) is 23.0 Å². The van der Waals surface area contributed by atoms with Gasteiger partial charge in [0.2, 0.25) is 11.7 Å². The summed E-state index contributed by atoms with van der Waals surface area (Å²) in [6, 6.07) is -0.0532. The van der Waals surface area contributed by atoms with E-state index in [1.165, 1.54) is 0 Å². The first-order valence-corrected chi connectivity index (χ1v) is 7.98. The molecule has 3 aromatic rings. The fourth-order valence-corrected chi connectivity index (χ4v) is 2.80. The van der Waals surface area contributed by atoms with Crippen LogP contribution in [0, 0.1) is 41.8 Å². The van der Waals surface area contributed by atoms with Crippen LogP contribution in [-0.4, -0.2) is 20.7 Å². The van der Waals surface area contributed by atoms with Crippen molar-refractivity contribution in [3.63, 3.8) is 0 Å². The van der Waals surface area contributed by atoms with Crippen molar-refractivity contribution in [1.82, 2.24) is 9.78 Å². The van der Waals surface area contributed by atoms with E-state index in [-0.39, 0.29) is 42.4 Å². The Morgan fingerprint density at radius 1 is 0.906 bits per heavy atom. The van der Waals surface area contributed by atoms with E-state index >= 15 is 0 Å². The number of hydrogen-bond acceptors (Lipinski definition) is 3. The van der Waals surface area contributed by atoms with Crippen molar-refractivity contribution >= 4 is 5.78 Å². The molecule has 4 nitrogen and oxygen atoms in total. The van der Waals surface area contributed by atoms with Crippen LogP contribution in [0.2, 0.25) is 0 Å². The number of alkyl halides is 3. The summed E-state index contributed by atoms with van der Waals surface area (Å²) >= 11 is 0. The Balaban J connectivity index is 0.00000363. The Hall–Kier alpha value is -2.89. The molecule has 0 aliphatic carbocycles. The van der Waals surface area contributed by atoms with Crippen LogP contribution in [-0.2, 0) is 25.7 Å². The van der Waals surface area contributed by atoms with Gasteiger partial charge in [-0.3, -0.25) is 4.79 Å². The summed E-state index contributed by atoms with van der Waals surface area (Å²) in [5, 5.41) is 13.6. The zero-order chi connectivity index (χ0) is 23.4. The van der Waals surface area contributed by atoms with Crippen molar-refractivity contribution in [1.29, 1.82) is 0 Å². The Bertz CT molecular complexity index is 1190. The molecule has 0 aliphatic heterocycles. The Morgan fingerprint density at radius 3 is 1.81 bits per heavy atom. The summed E-state index contributed by atoms with van der Waals surface area (Å²) in [4.78, 5) is 12.5.